The smallest absolute Gasteiger partial charge is 0.249 e. The molecule has 1 fully saturated rings. The largest absolute Gasteiger partial charge is 0.492 e. The minimum absolute atomic E-state index is 0.0522. The van der Waals surface area contributed by atoms with E-state index in [1.54, 1.807) is 12.1 Å². The van der Waals surface area contributed by atoms with E-state index in [1.807, 2.05) is 12.1 Å². The zero-order chi connectivity index (χ0) is 12.8. The van der Waals surface area contributed by atoms with Crippen LogP contribution in [0.4, 0.5) is 5.69 Å². The van der Waals surface area contributed by atoms with Gasteiger partial charge in [0.2, 0.25) is 5.91 Å². The Morgan fingerprint density at radius 1 is 1.56 bits per heavy atom. The second-order valence-electron chi connectivity index (χ2n) is 4.21. The molecule has 18 heavy (non-hydrogen) atoms. The molecule has 1 atom stereocenters. The molecule has 0 saturated carbocycles. The highest BCUT2D eigenvalue weighted by Gasteiger charge is 2.22. The summed E-state index contributed by atoms with van der Waals surface area (Å²) >= 11 is 0. The van der Waals surface area contributed by atoms with Gasteiger partial charge >= 0.3 is 0 Å². The molecule has 1 heterocycles. The SMILES string of the molecule is Nc1cccc(OCCNC(=O)[C@H]2CCCO2)c1. The van der Waals surface area contributed by atoms with Gasteiger partial charge in [0.1, 0.15) is 18.5 Å². The molecule has 0 bridgehead atoms. The van der Waals surface area contributed by atoms with Crippen LogP contribution in [0.25, 0.3) is 0 Å². The summed E-state index contributed by atoms with van der Waals surface area (Å²) < 4.78 is 10.7. The van der Waals surface area contributed by atoms with Crippen LogP contribution in [0.5, 0.6) is 5.75 Å². The van der Waals surface area contributed by atoms with Crippen LogP contribution in [0.3, 0.4) is 0 Å². The molecule has 1 aromatic carbocycles. The van der Waals surface area contributed by atoms with E-state index in [0.29, 0.717) is 31.2 Å². The molecule has 1 aromatic rings. The van der Waals surface area contributed by atoms with Crippen molar-refractivity contribution in [3.8, 4) is 5.75 Å². The van der Waals surface area contributed by atoms with Crippen molar-refractivity contribution in [1.82, 2.24) is 5.32 Å². The van der Waals surface area contributed by atoms with Gasteiger partial charge < -0.3 is 20.5 Å². The van der Waals surface area contributed by atoms with Crippen molar-refractivity contribution in [2.24, 2.45) is 0 Å². The minimum Gasteiger partial charge on any atom is -0.492 e. The maximum atomic E-state index is 11.6. The van der Waals surface area contributed by atoms with E-state index in [2.05, 4.69) is 5.32 Å². The van der Waals surface area contributed by atoms with Gasteiger partial charge in [-0.2, -0.15) is 0 Å². The predicted octanol–water partition coefficient (Wildman–Crippen LogP) is 0.943. The van der Waals surface area contributed by atoms with Gasteiger partial charge in [0, 0.05) is 18.4 Å². The van der Waals surface area contributed by atoms with E-state index >= 15 is 0 Å². The third-order valence-corrected chi connectivity index (χ3v) is 2.75. The number of nitrogen functional groups attached to an aromatic ring is 1. The lowest BCUT2D eigenvalue weighted by Crippen LogP contribution is -2.36. The van der Waals surface area contributed by atoms with Gasteiger partial charge in [-0.3, -0.25) is 4.79 Å². The van der Waals surface area contributed by atoms with Crippen LogP contribution in [-0.2, 0) is 9.53 Å². The quantitative estimate of drug-likeness (QED) is 0.602. The molecule has 0 aliphatic carbocycles. The normalized spacial score (nSPS) is 18.6. The highest BCUT2D eigenvalue weighted by Crippen LogP contribution is 2.14. The second-order valence-corrected chi connectivity index (χ2v) is 4.21. The zero-order valence-electron chi connectivity index (χ0n) is 10.2. The molecule has 0 aromatic heterocycles. The van der Waals surface area contributed by atoms with Crippen molar-refractivity contribution < 1.29 is 14.3 Å². The van der Waals surface area contributed by atoms with Crippen LogP contribution >= 0.6 is 0 Å². The van der Waals surface area contributed by atoms with E-state index in [-0.39, 0.29) is 12.0 Å². The third-order valence-electron chi connectivity index (χ3n) is 2.75. The van der Waals surface area contributed by atoms with Crippen molar-refractivity contribution in [3.05, 3.63) is 24.3 Å². The monoisotopic (exact) mass is 250 g/mol. The van der Waals surface area contributed by atoms with Crippen LogP contribution in [0.15, 0.2) is 24.3 Å². The van der Waals surface area contributed by atoms with E-state index < -0.39 is 0 Å². The first-order valence-electron chi connectivity index (χ1n) is 6.13. The average molecular weight is 250 g/mol. The van der Waals surface area contributed by atoms with Crippen LogP contribution in [0, 0.1) is 0 Å². The second kappa shape index (κ2) is 6.26. The van der Waals surface area contributed by atoms with Crippen molar-refractivity contribution in [2.75, 3.05) is 25.5 Å². The minimum atomic E-state index is -0.280. The first-order valence-corrected chi connectivity index (χ1v) is 6.13. The number of hydrogen-bond acceptors (Lipinski definition) is 4. The fourth-order valence-electron chi connectivity index (χ4n) is 1.85. The number of carbonyl (C=O) groups excluding carboxylic acids is 1. The number of nitrogens with two attached hydrogens (primary N) is 1. The number of nitrogens with one attached hydrogen (secondary N) is 1. The zero-order valence-corrected chi connectivity index (χ0v) is 10.2. The highest BCUT2D eigenvalue weighted by atomic mass is 16.5. The Kier molecular flexibility index (Phi) is 4.41. The number of anilines is 1. The molecule has 1 aliphatic rings. The Labute approximate surface area is 106 Å². The average Bonchev–Trinajstić information content (AvgIpc) is 2.88. The number of ether oxygens (including phenoxy) is 2. The molecule has 0 unspecified atom stereocenters. The number of amides is 1. The Bertz CT molecular complexity index is 403. The van der Waals surface area contributed by atoms with Gasteiger partial charge in [-0.05, 0) is 25.0 Å². The molecule has 1 amide bonds. The van der Waals surface area contributed by atoms with Gasteiger partial charge in [-0.1, -0.05) is 6.07 Å². The van der Waals surface area contributed by atoms with Crippen LogP contribution in [0.2, 0.25) is 0 Å². The van der Waals surface area contributed by atoms with Crippen molar-refractivity contribution in [2.45, 2.75) is 18.9 Å². The predicted molar refractivity (Wildman–Crippen MR) is 68.3 cm³/mol. The summed E-state index contributed by atoms with van der Waals surface area (Å²) in [4.78, 5) is 11.6. The highest BCUT2D eigenvalue weighted by molar-refractivity contribution is 5.80. The van der Waals surface area contributed by atoms with Gasteiger partial charge in [-0.25, -0.2) is 0 Å². The van der Waals surface area contributed by atoms with Gasteiger partial charge in [0.15, 0.2) is 0 Å². The first-order chi connectivity index (χ1) is 8.75. The molecule has 1 aliphatic heterocycles. The maximum absolute atomic E-state index is 11.6. The molecule has 98 valence electrons. The van der Waals surface area contributed by atoms with E-state index in [0.717, 1.165) is 12.8 Å². The summed E-state index contributed by atoms with van der Waals surface area (Å²) in [5, 5.41) is 2.79. The topological polar surface area (TPSA) is 73.6 Å². The number of rotatable bonds is 5. The molecule has 0 radical (unpaired) electrons. The van der Waals surface area contributed by atoms with Gasteiger partial charge in [0.05, 0.1) is 6.54 Å². The van der Waals surface area contributed by atoms with Crippen molar-refractivity contribution in [3.63, 3.8) is 0 Å². The van der Waals surface area contributed by atoms with Crippen LogP contribution in [-0.4, -0.2) is 31.8 Å². The van der Waals surface area contributed by atoms with E-state index in [4.69, 9.17) is 15.2 Å². The summed E-state index contributed by atoms with van der Waals surface area (Å²) in [6.07, 6.45) is 1.48. The standard InChI is InChI=1S/C13H18N2O3/c14-10-3-1-4-11(9-10)17-8-6-15-13(16)12-5-2-7-18-12/h1,3-4,9,12H,2,5-8,14H2,(H,15,16)/t12-/m1/s1. The van der Waals surface area contributed by atoms with Gasteiger partial charge in [0.25, 0.3) is 0 Å². The van der Waals surface area contributed by atoms with Crippen molar-refractivity contribution in [1.29, 1.82) is 0 Å². The Balaban J connectivity index is 1.65. The van der Waals surface area contributed by atoms with Crippen LogP contribution < -0.4 is 15.8 Å². The summed E-state index contributed by atoms with van der Waals surface area (Å²) in [6.45, 7) is 1.56. The maximum Gasteiger partial charge on any atom is 0.249 e. The summed E-state index contributed by atoms with van der Waals surface area (Å²) in [5.41, 5.74) is 6.29. The number of benzene rings is 1. The molecular formula is C13H18N2O3. The van der Waals surface area contributed by atoms with Gasteiger partial charge in [-0.15, -0.1) is 0 Å². The van der Waals surface area contributed by atoms with E-state index in [1.165, 1.54) is 0 Å². The number of carbonyl (C=O) groups is 1. The Morgan fingerprint density at radius 3 is 3.17 bits per heavy atom. The third kappa shape index (κ3) is 3.63. The molecule has 2 rings (SSSR count). The fourth-order valence-corrected chi connectivity index (χ4v) is 1.85. The Morgan fingerprint density at radius 2 is 2.44 bits per heavy atom. The lowest BCUT2D eigenvalue weighted by Gasteiger charge is -2.11. The lowest BCUT2D eigenvalue weighted by atomic mass is 10.2. The molecule has 5 heteroatoms. The molecule has 3 N–H and O–H groups in total. The summed E-state index contributed by atoms with van der Waals surface area (Å²) in [6, 6.07) is 7.21. The van der Waals surface area contributed by atoms with Crippen molar-refractivity contribution >= 4 is 11.6 Å². The summed E-state index contributed by atoms with van der Waals surface area (Å²) in [7, 11) is 0. The van der Waals surface area contributed by atoms with E-state index in [9.17, 15) is 4.79 Å². The molecule has 1 saturated heterocycles. The molecule has 5 nitrogen and oxygen atoms in total. The Hall–Kier alpha value is -1.75. The molecular weight excluding hydrogens is 232 g/mol. The van der Waals surface area contributed by atoms with Crippen LogP contribution in [0.1, 0.15) is 12.8 Å². The summed E-state index contributed by atoms with van der Waals surface area (Å²) in [5.74, 6) is 0.657. The number of hydrogen-bond donors (Lipinski definition) is 2. The fraction of sp³-hybridized carbons (Fsp3) is 0.462. The first kappa shape index (κ1) is 12.7. The lowest BCUT2D eigenvalue weighted by molar-refractivity contribution is -0.130. The molecule has 0 spiro atoms.